The minimum atomic E-state index is -0.740. The third-order valence-electron chi connectivity index (χ3n) is 2.03. The molecule has 0 heterocycles. The van der Waals surface area contributed by atoms with Gasteiger partial charge in [0.1, 0.15) is 5.82 Å². The van der Waals surface area contributed by atoms with Crippen molar-refractivity contribution >= 4 is 28.6 Å². The number of hydrogen-bond acceptors (Lipinski definition) is 5. The van der Waals surface area contributed by atoms with Gasteiger partial charge in [-0.15, -0.1) is 0 Å². The average Bonchev–Trinajstić information content (AvgIpc) is 2.40. The van der Waals surface area contributed by atoms with Crippen molar-refractivity contribution < 1.29 is 13.9 Å². The molecule has 0 saturated heterocycles. The summed E-state index contributed by atoms with van der Waals surface area (Å²) in [4.78, 5) is 15.6. The van der Waals surface area contributed by atoms with Crippen LogP contribution in [0, 0.1) is 17.3 Å². The van der Waals surface area contributed by atoms with Gasteiger partial charge in [-0.25, -0.2) is 14.2 Å². The monoisotopic (exact) mass is 281 g/mol. The van der Waals surface area contributed by atoms with Gasteiger partial charge < -0.3 is 4.74 Å². The average molecular weight is 281 g/mol. The summed E-state index contributed by atoms with van der Waals surface area (Å²) >= 11 is 1.22. The van der Waals surface area contributed by atoms with E-state index in [0.29, 0.717) is 10.9 Å². The Morgan fingerprint density at radius 2 is 2.37 bits per heavy atom. The van der Waals surface area contributed by atoms with Crippen molar-refractivity contribution in [1.29, 1.82) is 5.26 Å². The van der Waals surface area contributed by atoms with E-state index < -0.39 is 11.8 Å². The second-order valence-corrected chi connectivity index (χ2v) is 4.04. The Morgan fingerprint density at radius 3 is 2.95 bits per heavy atom. The number of benzene rings is 1. The van der Waals surface area contributed by atoms with Crippen LogP contribution in [0.4, 0.5) is 10.1 Å². The number of nitrogens with zero attached hydrogens (tertiary/aromatic N) is 2. The molecule has 1 rings (SSSR count). The Kier molecular flexibility index (Phi) is 5.82. The van der Waals surface area contributed by atoms with Crippen LogP contribution in [0.25, 0.3) is 0 Å². The number of nitriles is 1. The molecule has 0 aromatic heterocycles. The molecule has 0 atom stereocenters. The number of esters is 1. The zero-order valence-electron chi connectivity index (χ0n) is 10.4. The number of aliphatic imine (C=N–C) groups is 1. The highest BCUT2D eigenvalue weighted by molar-refractivity contribution is 8.13. The highest BCUT2D eigenvalue weighted by Gasteiger charge is 2.13. The Morgan fingerprint density at radius 1 is 1.63 bits per heavy atom. The van der Waals surface area contributed by atoms with Crippen LogP contribution in [0.3, 0.4) is 0 Å². The number of carbonyl (C=O) groups is 1. The van der Waals surface area contributed by atoms with Crippen LogP contribution >= 0.6 is 11.8 Å². The Balaban J connectivity index is 3.09. The fourth-order valence-electron chi connectivity index (χ4n) is 1.24. The highest BCUT2D eigenvalue weighted by atomic mass is 32.2. The highest BCUT2D eigenvalue weighted by Crippen LogP contribution is 2.19. The van der Waals surface area contributed by atoms with Gasteiger partial charge in [0.2, 0.25) is 0 Å². The first kappa shape index (κ1) is 15.0. The molecule has 0 fully saturated rings. The van der Waals surface area contributed by atoms with Crippen molar-refractivity contribution in [3.63, 3.8) is 0 Å². The van der Waals surface area contributed by atoms with Gasteiger partial charge >= 0.3 is 5.97 Å². The molecule has 7 heteroatoms. The van der Waals surface area contributed by atoms with Crippen LogP contribution in [-0.2, 0) is 4.74 Å². The summed E-state index contributed by atoms with van der Waals surface area (Å²) in [7, 11) is 0. The SMILES string of the molecule is CCOC(=O)c1cc(N=C(NC#N)SC)ccc1F. The van der Waals surface area contributed by atoms with Crippen LogP contribution < -0.4 is 5.32 Å². The molecule has 0 amide bonds. The van der Waals surface area contributed by atoms with E-state index in [1.165, 1.54) is 23.9 Å². The van der Waals surface area contributed by atoms with E-state index in [2.05, 4.69) is 10.3 Å². The quantitative estimate of drug-likeness (QED) is 0.303. The van der Waals surface area contributed by atoms with Crippen molar-refractivity contribution in [3.05, 3.63) is 29.6 Å². The fourth-order valence-corrected chi connectivity index (χ4v) is 1.58. The molecule has 0 unspecified atom stereocenters. The summed E-state index contributed by atoms with van der Waals surface area (Å²) in [5.41, 5.74) is 0.178. The van der Waals surface area contributed by atoms with E-state index in [9.17, 15) is 9.18 Å². The number of rotatable bonds is 3. The first-order valence-electron chi connectivity index (χ1n) is 5.36. The predicted octanol–water partition coefficient (Wildman–Crippen LogP) is 2.42. The lowest BCUT2D eigenvalue weighted by atomic mass is 10.2. The van der Waals surface area contributed by atoms with Crippen molar-refractivity contribution in [1.82, 2.24) is 5.32 Å². The van der Waals surface area contributed by atoms with Gasteiger partial charge in [-0.2, -0.15) is 5.26 Å². The molecular formula is C12H12FN3O2S. The normalized spacial score (nSPS) is 10.7. The fraction of sp³-hybridized carbons (Fsp3) is 0.250. The largest absolute Gasteiger partial charge is 0.462 e. The number of halogens is 1. The van der Waals surface area contributed by atoms with Crippen LogP contribution in [0.1, 0.15) is 17.3 Å². The summed E-state index contributed by atoms with van der Waals surface area (Å²) in [5.74, 6) is -1.41. The van der Waals surface area contributed by atoms with Crippen molar-refractivity contribution in [2.45, 2.75) is 6.92 Å². The van der Waals surface area contributed by atoms with Gasteiger partial charge in [-0.05, 0) is 31.4 Å². The maximum atomic E-state index is 13.5. The molecule has 0 aliphatic rings. The summed E-state index contributed by atoms with van der Waals surface area (Å²) in [5, 5.41) is 11.2. The van der Waals surface area contributed by atoms with Crippen molar-refractivity contribution in [3.8, 4) is 6.19 Å². The number of hydrogen-bond donors (Lipinski definition) is 1. The Hall–Kier alpha value is -2.07. The molecular weight excluding hydrogens is 269 g/mol. The van der Waals surface area contributed by atoms with E-state index in [-0.39, 0.29) is 12.2 Å². The molecule has 0 aliphatic carbocycles. The van der Waals surface area contributed by atoms with E-state index in [1.54, 1.807) is 19.4 Å². The van der Waals surface area contributed by atoms with Gasteiger partial charge in [0, 0.05) is 0 Å². The molecule has 100 valence electrons. The van der Waals surface area contributed by atoms with Gasteiger partial charge in [0.15, 0.2) is 11.4 Å². The summed E-state index contributed by atoms with van der Waals surface area (Å²) in [6.07, 6.45) is 3.48. The first-order valence-corrected chi connectivity index (χ1v) is 6.59. The van der Waals surface area contributed by atoms with Gasteiger partial charge in [-0.3, -0.25) is 5.32 Å². The number of nitrogens with one attached hydrogen (secondary N) is 1. The van der Waals surface area contributed by atoms with Crippen molar-refractivity contribution in [2.75, 3.05) is 12.9 Å². The first-order chi connectivity index (χ1) is 9.12. The standard InChI is InChI=1S/C12H12FN3O2S/c1-3-18-11(17)9-6-8(4-5-10(9)13)16-12(19-2)15-7-14/h4-6H,3H2,1-2H3,(H,15,16). The number of thioether (sulfide) groups is 1. The maximum Gasteiger partial charge on any atom is 0.341 e. The summed E-state index contributed by atoms with van der Waals surface area (Å²) < 4.78 is 18.2. The van der Waals surface area contributed by atoms with Crippen LogP contribution in [0.2, 0.25) is 0 Å². The molecule has 1 N–H and O–H groups in total. The summed E-state index contributed by atoms with van der Waals surface area (Å²) in [6.45, 7) is 1.80. The molecule has 1 aromatic carbocycles. The van der Waals surface area contributed by atoms with Crippen LogP contribution in [0.15, 0.2) is 23.2 Å². The number of ether oxygens (including phenoxy) is 1. The predicted molar refractivity (Wildman–Crippen MR) is 71.7 cm³/mol. The molecule has 5 nitrogen and oxygen atoms in total. The zero-order chi connectivity index (χ0) is 14.3. The van der Waals surface area contributed by atoms with E-state index >= 15 is 0 Å². The minimum absolute atomic E-state index is 0.165. The lowest BCUT2D eigenvalue weighted by molar-refractivity contribution is 0.0521. The second kappa shape index (κ2) is 7.38. The van der Waals surface area contributed by atoms with Crippen LogP contribution in [0.5, 0.6) is 0 Å². The van der Waals surface area contributed by atoms with Crippen molar-refractivity contribution in [2.24, 2.45) is 4.99 Å². The molecule has 0 saturated carbocycles. The molecule has 1 aromatic rings. The third kappa shape index (κ3) is 4.26. The molecule has 0 radical (unpaired) electrons. The summed E-state index contributed by atoms with van der Waals surface area (Å²) in [6, 6.07) is 3.82. The van der Waals surface area contributed by atoms with E-state index in [4.69, 9.17) is 10.00 Å². The van der Waals surface area contributed by atoms with Crippen LogP contribution in [-0.4, -0.2) is 24.0 Å². The maximum absolute atomic E-state index is 13.5. The van der Waals surface area contributed by atoms with Gasteiger partial charge in [0.05, 0.1) is 17.9 Å². The van der Waals surface area contributed by atoms with Gasteiger partial charge in [-0.1, -0.05) is 11.8 Å². The van der Waals surface area contributed by atoms with Gasteiger partial charge in [0.25, 0.3) is 0 Å². The Bertz CT molecular complexity index is 540. The molecule has 0 aliphatic heterocycles. The number of carbonyl (C=O) groups excluding carboxylic acids is 1. The number of amidine groups is 1. The Labute approximate surface area is 114 Å². The van der Waals surface area contributed by atoms with E-state index in [0.717, 1.165) is 6.07 Å². The molecule has 19 heavy (non-hydrogen) atoms. The topological polar surface area (TPSA) is 74.5 Å². The smallest absolute Gasteiger partial charge is 0.341 e. The lowest BCUT2D eigenvalue weighted by Crippen LogP contribution is -2.12. The second-order valence-electron chi connectivity index (χ2n) is 3.24. The molecule has 0 spiro atoms. The van der Waals surface area contributed by atoms with E-state index in [1.807, 2.05) is 0 Å². The lowest BCUT2D eigenvalue weighted by Gasteiger charge is -2.05. The third-order valence-corrected chi connectivity index (χ3v) is 2.61. The molecule has 0 bridgehead atoms. The minimum Gasteiger partial charge on any atom is -0.462 e. The zero-order valence-corrected chi connectivity index (χ0v) is 11.3.